The molecule has 0 fully saturated rings. The number of nitrogens with one attached hydrogen (secondary N) is 1. The monoisotopic (exact) mass is 265 g/mol. The Bertz CT molecular complexity index is 449. The van der Waals surface area contributed by atoms with Crippen molar-refractivity contribution in [3.05, 3.63) is 24.0 Å². The predicted octanol–water partition coefficient (Wildman–Crippen LogP) is 0.831. The Balaban J connectivity index is 2.80. The van der Waals surface area contributed by atoms with E-state index in [4.69, 9.17) is 0 Å². The summed E-state index contributed by atoms with van der Waals surface area (Å²) in [4.78, 5) is 28.7. The number of anilines is 1. The van der Waals surface area contributed by atoms with Crippen LogP contribution in [0.2, 0.25) is 0 Å². The van der Waals surface area contributed by atoms with Crippen molar-refractivity contribution < 1.29 is 14.3 Å². The van der Waals surface area contributed by atoms with Crippen molar-refractivity contribution in [3.63, 3.8) is 0 Å². The molecule has 1 aromatic rings. The first-order valence-corrected chi connectivity index (χ1v) is 6.12. The van der Waals surface area contributed by atoms with E-state index in [1.807, 2.05) is 17.9 Å². The maximum Gasteiger partial charge on any atom is 0.307 e. The van der Waals surface area contributed by atoms with Gasteiger partial charge in [-0.3, -0.25) is 14.6 Å². The number of hydrogen-bond donors (Lipinski definition) is 1. The summed E-state index contributed by atoms with van der Waals surface area (Å²) in [6, 6.07) is 3.52. The third-order valence-electron chi connectivity index (χ3n) is 2.76. The third-order valence-corrected chi connectivity index (χ3v) is 2.76. The quantitative estimate of drug-likeness (QED) is 0.771. The maximum atomic E-state index is 11.5. The van der Waals surface area contributed by atoms with Gasteiger partial charge in [-0.1, -0.05) is 0 Å². The van der Waals surface area contributed by atoms with E-state index in [9.17, 15) is 9.59 Å². The van der Waals surface area contributed by atoms with E-state index in [2.05, 4.69) is 15.0 Å². The second-order valence-electron chi connectivity index (χ2n) is 3.88. The number of pyridine rings is 1. The first-order chi connectivity index (χ1) is 9.12. The molecule has 0 radical (unpaired) electrons. The Kier molecular flexibility index (Phi) is 5.78. The Morgan fingerprint density at radius 1 is 1.47 bits per heavy atom. The van der Waals surface area contributed by atoms with E-state index in [1.54, 1.807) is 19.3 Å². The molecule has 0 saturated heterocycles. The lowest BCUT2D eigenvalue weighted by molar-refractivity contribution is -0.140. The lowest BCUT2D eigenvalue weighted by atomic mass is 10.2. The van der Waals surface area contributed by atoms with E-state index in [0.717, 1.165) is 12.2 Å². The molecule has 0 spiro atoms. The van der Waals surface area contributed by atoms with E-state index in [0.29, 0.717) is 18.7 Å². The molecule has 0 saturated carbocycles. The van der Waals surface area contributed by atoms with Crippen molar-refractivity contribution in [1.29, 1.82) is 0 Å². The van der Waals surface area contributed by atoms with E-state index < -0.39 is 0 Å². The van der Waals surface area contributed by atoms with Gasteiger partial charge < -0.3 is 15.0 Å². The molecular weight excluding hydrogens is 246 g/mol. The van der Waals surface area contributed by atoms with Gasteiger partial charge in [0.1, 0.15) is 5.69 Å². The number of rotatable bonds is 6. The van der Waals surface area contributed by atoms with Gasteiger partial charge >= 0.3 is 5.97 Å². The summed E-state index contributed by atoms with van der Waals surface area (Å²) >= 11 is 0. The van der Waals surface area contributed by atoms with Gasteiger partial charge in [0.15, 0.2) is 0 Å². The number of carbonyl (C=O) groups is 2. The molecule has 0 aromatic carbocycles. The SMILES string of the molecule is CCN(CCC(=O)OC)c1ccnc(C(=O)NC)c1. The van der Waals surface area contributed by atoms with Gasteiger partial charge in [0.05, 0.1) is 13.5 Å². The molecule has 6 heteroatoms. The van der Waals surface area contributed by atoms with Crippen LogP contribution < -0.4 is 10.2 Å². The van der Waals surface area contributed by atoms with Crippen LogP contribution in [0.4, 0.5) is 5.69 Å². The summed E-state index contributed by atoms with van der Waals surface area (Å²) in [5, 5.41) is 2.53. The van der Waals surface area contributed by atoms with Gasteiger partial charge in [-0.05, 0) is 19.1 Å². The second-order valence-corrected chi connectivity index (χ2v) is 3.88. The van der Waals surface area contributed by atoms with Crippen LogP contribution in [0.15, 0.2) is 18.3 Å². The summed E-state index contributed by atoms with van der Waals surface area (Å²) in [5.74, 6) is -0.482. The zero-order valence-corrected chi connectivity index (χ0v) is 11.5. The Morgan fingerprint density at radius 2 is 2.21 bits per heavy atom. The number of amides is 1. The first kappa shape index (κ1) is 14.9. The zero-order valence-electron chi connectivity index (χ0n) is 11.5. The number of methoxy groups -OCH3 is 1. The van der Waals surface area contributed by atoms with Crippen molar-refractivity contribution in [2.45, 2.75) is 13.3 Å². The van der Waals surface area contributed by atoms with Crippen LogP contribution in [0.5, 0.6) is 0 Å². The molecule has 104 valence electrons. The number of nitrogens with zero attached hydrogens (tertiary/aromatic N) is 2. The summed E-state index contributed by atoms with van der Waals surface area (Å²) in [5.41, 5.74) is 1.22. The molecule has 1 heterocycles. The van der Waals surface area contributed by atoms with Crippen LogP contribution in [-0.2, 0) is 9.53 Å². The van der Waals surface area contributed by atoms with E-state index >= 15 is 0 Å². The van der Waals surface area contributed by atoms with Crippen LogP contribution in [0.25, 0.3) is 0 Å². The van der Waals surface area contributed by atoms with Crippen molar-refractivity contribution in [2.75, 3.05) is 32.1 Å². The van der Waals surface area contributed by atoms with Gasteiger partial charge in [0.2, 0.25) is 0 Å². The molecule has 0 bridgehead atoms. The van der Waals surface area contributed by atoms with Gasteiger partial charge in [0.25, 0.3) is 5.91 Å². The lowest BCUT2D eigenvalue weighted by Gasteiger charge is -2.22. The van der Waals surface area contributed by atoms with Gasteiger partial charge in [0, 0.05) is 32.0 Å². The highest BCUT2D eigenvalue weighted by atomic mass is 16.5. The largest absolute Gasteiger partial charge is 0.469 e. The van der Waals surface area contributed by atoms with Crippen LogP contribution in [0.1, 0.15) is 23.8 Å². The summed E-state index contributed by atoms with van der Waals surface area (Å²) in [7, 11) is 2.93. The van der Waals surface area contributed by atoms with Crippen molar-refractivity contribution in [2.24, 2.45) is 0 Å². The topological polar surface area (TPSA) is 71.5 Å². The second kappa shape index (κ2) is 7.35. The Labute approximate surface area is 112 Å². The molecule has 0 aliphatic rings. The molecule has 19 heavy (non-hydrogen) atoms. The lowest BCUT2D eigenvalue weighted by Crippen LogP contribution is -2.27. The smallest absolute Gasteiger partial charge is 0.307 e. The number of ether oxygens (including phenoxy) is 1. The molecule has 0 unspecified atom stereocenters. The van der Waals surface area contributed by atoms with E-state index in [1.165, 1.54) is 7.11 Å². The minimum atomic E-state index is -0.251. The fourth-order valence-corrected chi connectivity index (χ4v) is 1.67. The van der Waals surface area contributed by atoms with Gasteiger partial charge in [-0.15, -0.1) is 0 Å². The minimum absolute atomic E-state index is 0.231. The minimum Gasteiger partial charge on any atom is -0.469 e. The average molecular weight is 265 g/mol. The molecule has 1 amide bonds. The normalized spacial score (nSPS) is 9.84. The summed E-state index contributed by atoms with van der Waals surface area (Å²) in [6.45, 7) is 3.26. The highest BCUT2D eigenvalue weighted by Gasteiger charge is 2.11. The fourth-order valence-electron chi connectivity index (χ4n) is 1.67. The van der Waals surface area contributed by atoms with Crippen LogP contribution in [-0.4, -0.2) is 44.1 Å². The Morgan fingerprint density at radius 3 is 2.79 bits per heavy atom. The summed E-state index contributed by atoms with van der Waals surface area (Å²) in [6.07, 6.45) is 1.89. The molecule has 0 aliphatic heterocycles. The maximum absolute atomic E-state index is 11.5. The fraction of sp³-hybridized carbons (Fsp3) is 0.462. The van der Waals surface area contributed by atoms with Gasteiger partial charge in [-0.2, -0.15) is 0 Å². The highest BCUT2D eigenvalue weighted by molar-refractivity contribution is 5.92. The first-order valence-electron chi connectivity index (χ1n) is 6.12. The molecular formula is C13H19N3O3. The molecule has 6 nitrogen and oxygen atoms in total. The molecule has 1 rings (SSSR count). The zero-order chi connectivity index (χ0) is 14.3. The number of carbonyl (C=O) groups excluding carboxylic acids is 2. The molecule has 0 atom stereocenters. The van der Waals surface area contributed by atoms with Crippen molar-refractivity contribution >= 4 is 17.6 Å². The highest BCUT2D eigenvalue weighted by Crippen LogP contribution is 2.15. The van der Waals surface area contributed by atoms with Crippen molar-refractivity contribution in [1.82, 2.24) is 10.3 Å². The molecule has 1 aromatic heterocycles. The summed E-state index contributed by atoms with van der Waals surface area (Å²) < 4.78 is 4.62. The molecule has 0 aliphatic carbocycles. The average Bonchev–Trinajstić information content (AvgIpc) is 2.47. The van der Waals surface area contributed by atoms with Crippen LogP contribution in [0.3, 0.4) is 0 Å². The number of aromatic nitrogens is 1. The number of esters is 1. The van der Waals surface area contributed by atoms with Gasteiger partial charge in [-0.25, -0.2) is 0 Å². The standard InChI is InChI=1S/C13H19N3O3/c1-4-16(8-6-12(17)19-3)10-5-7-15-11(9-10)13(18)14-2/h5,7,9H,4,6,8H2,1-3H3,(H,14,18). The third kappa shape index (κ3) is 4.24. The predicted molar refractivity (Wildman–Crippen MR) is 72.1 cm³/mol. The van der Waals surface area contributed by atoms with E-state index in [-0.39, 0.29) is 11.9 Å². The molecule has 1 N–H and O–H groups in total. The van der Waals surface area contributed by atoms with Crippen LogP contribution >= 0.6 is 0 Å². The Hall–Kier alpha value is -2.11. The number of hydrogen-bond acceptors (Lipinski definition) is 5. The van der Waals surface area contributed by atoms with Crippen LogP contribution in [0, 0.1) is 0 Å². The van der Waals surface area contributed by atoms with Crippen molar-refractivity contribution in [3.8, 4) is 0 Å².